The normalized spacial score (nSPS) is 21.5. The number of anilines is 1. The molecule has 1 saturated heterocycles. The van der Waals surface area contributed by atoms with Crippen molar-refractivity contribution in [3.05, 3.63) is 11.6 Å². The van der Waals surface area contributed by atoms with Gasteiger partial charge in [-0.1, -0.05) is 12.8 Å². The van der Waals surface area contributed by atoms with Gasteiger partial charge in [0.2, 0.25) is 5.28 Å². The minimum absolute atomic E-state index is 0.0334. The van der Waals surface area contributed by atoms with E-state index in [9.17, 15) is 37.5 Å². The van der Waals surface area contributed by atoms with Crippen molar-refractivity contribution < 1.29 is 66.2 Å². The first kappa shape index (κ1) is 39.3. The highest BCUT2D eigenvalue weighted by Crippen LogP contribution is 2.40. The first-order chi connectivity index (χ1) is 22.6. The fourth-order valence-corrected chi connectivity index (χ4v) is 6.11. The fraction of sp³-hybridized carbons (Fsp3) is 0.680. The summed E-state index contributed by atoms with van der Waals surface area (Å²) in [5.74, 6) is -3.69. The maximum atomic E-state index is 13.4. The molecule has 4 atom stereocenters. The second-order valence-corrected chi connectivity index (χ2v) is 12.6. The Morgan fingerprint density at radius 1 is 1.06 bits per heavy atom. The zero-order valence-electron chi connectivity index (χ0n) is 25.7. The van der Waals surface area contributed by atoms with E-state index in [1.807, 2.05) is 0 Å². The van der Waals surface area contributed by atoms with Crippen LogP contribution in [0, 0.1) is 0 Å². The van der Waals surface area contributed by atoms with Gasteiger partial charge in [0.15, 0.2) is 23.2 Å². The average Bonchev–Trinajstić information content (AvgIpc) is 3.75. The van der Waals surface area contributed by atoms with Gasteiger partial charge in [-0.15, -0.1) is 0 Å². The van der Waals surface area contributed by atoms with Gasteiger partial charge < -0.3 is 39.4 Å². The number of carboxylic acid groups (broad SMARTS) is 1. The number of fused-ring (bicyclic) bond motifs is 1. The molecule has 0 radical (unpaired) electrons. The number of carbonyl (C=O) groups excluding carboxylic acids is 2. The SMILES string of the molecule is CCOC(=O)CNP(=O)(NCC(=O)OCC)OC[C@H]1O[C@@H](n2cnc3c(NC4CCCC4)nc(Cl)nc32)[C@H](O)[C@@H]1O.O=C(O)C(F)(F)F. The molecule has 2 aliphatic rings. The Hall–Kier alpha value is -3.17. The third kappa shape index (κ3) is 10.9. The lowest BCUT2D eigenvalue weighted by Gasteiger charge is -2.22. The second-order valence-electron chi connectivity index (χ2n) is 10.3. The standard InChI is InChI=1S/C23H35ClN7O9P.C2HF3O2/c1-3-37-15(32)9-26-41(36,27-10-16(33)38-4-2)39-11-14-18(34)19(35)22(40-14)31-12-25-17-20(28-13-7-5-6-8-13)29-23(24)30-21(17)31;3-2(4,5)1(6)7/h12-14,18-19,22,34-35H,3-11H2,1-2H3,(H2,26,27,36)(H,28,29,30);(H,6,7)/t14-,18-,19-,22-;/m1./s1. The van der Waals surface area contributed by atoms with E-state index in [2.05, 4.69) is 30.4 Å². The van der Waals surface area contributed by atoms with E-state index < -0.39 is 76.0 Å². The topological polar surface area (TPSA) is 246 Å². The Morgan fingerprint density at radius 2 is 1.62 bits per heavy atom. The van der Waals surface area contributed by atoms with Gasteiger partial charge in [-0.3, -0.25) is 18.7 Å². The van der Waals surface area contributed by atoms with Crippen LogP contribution in [0.2, 0.25) is 5.28 Å². The molecule has 1 aliphatic carbocycles. The molecule has 6 N–H and O–H groups in total. The van der Waals surface area contributed by atoms with Crippen LogP contribution in [0.5, 0.6) is 0 Å². The van der Waals surface area contributed by atoms with E-state index in [1.165, 1.54) is 10.9 Å². The smallest absolute Gasteiger partial charge is 0.475 e. The van der Waals surface area contributed by atoms with E-state index in [1.54, 1.807) is 13.8 Å². The number of ether oxygens (including phenoxy) is 3. The molecule has 48 heavy (non-hydrogen) atoms. The maximum absolute atomic E-state index is 13.4. The minimum atomic E-state index is -5.08. The predicted octanol–water partition coefficient (Wildman–Crippen LogP) is 1.52. The van der Waals surface area contributed by atoms with Gasteiger partial charge in [0.25, 0.3) is 0 Å². The van der Waals surface area contributed by atoms with Crippen LogP contribution >= 0.6 is 19.3 Å². The molecule has 0 aromatic carbocycles. The molecule has 270 valence electrons. The summed E-state index contributed by atoms with van der Waals surface area (Å²) in [6.07, 6.45) is -4.69. The van der Waals surface area contributed by atoms with Crippen LogP contribution in [0.25, 0.3) is 11.2 Å². The van der Waals surface area contributed by atoms with Gasteiger partial charge in [0.1, 0.15) is 31.4 Å². The van der Waals surface area contributed by atoms with Crippen molar-refractivity contribution in [1.29, 1.82) is 0 Å². The van der Waals surface area contributed by atoms with Gasteiger partial charge in [0.05, 0.1) is 26.1 Å². The average molecular weight is 734 g/mol. The highest BCUT2D eigenvalue weighted by Gasteiger charge is 2.45. The van der Waals surface area contributed by atoms with E-state index in [4.69, 9.17) is 40.2 Å². The lowest BCUT2D eigenvalue weighted by Crippen LogP contribution is -2.37. The number of aromatic nitrogens is 4. The number of aliphatic hydroxyl groups excluding tert-OH is 2. The summed E-state index contributed by atoms with van der Waals surface area (Å²) < 4.78 is 67.6. The molecule has 4 rings (SSSR count). The molecule has 2 aromatic rings. The zero-order valence-corrected chi connectivity index (χ0v) is 27.3. The number of carboxylic acids is 1. The molecule has 2 aromatic heterocycles. The Bertz CT molecular complexity index is 1440. The summed E-state index contributed by atoms with van der Waals surface area (Å²) in [5, 5.41) is 36.9. The molecule has 18 nitrogen and oxygen atoms in total. The Balaban J connectivity index is 0.000000804. The number of hydrogen-bond donors (Lipinski definition) is 6. The number of imidazole rings is 1. The molecule has 2 fully saturated rings. The quantitative estimate of drug-likeness (QED) is 0.0915. The van der Waals surface area contributed by atoms with Gasteiger partial charge in [-0.2, -0.15) is 23.1 Å². The minimum Gasteiger partial charge on any atom is -0.475 e. The van der Waals surface area contributed by atoms with Crippen LogP contribution in [0.1, 0.15) is 45.8 Å². The monoisotopic (exact) mass is 733 g/mol. The highest BCUT2D eigenvalue weighted by atomic mass is 35.5. The van der Waals surface area contributed by atoms with Crippen LogP contribution in [0.4, 0.5) is 19.0 Å². The molecule has 3 heterocycles. The third-order valence-corrected chi connectivity index (χ3v) is 8.67. The van der Waals surface area contributed by atoms with E-state index >= 15 is 0 Å². The molecule has 0 amide bonds. The number of hydrogen-bond acceptors (Lipinski definition) is 14. The molecule has 0 unspecified atom stereocenters. The maximum Gasteiger partial charge on any atom is 0.490 e. The Labute approximate surface area is 276 Å². The Kier molecular flexibility index (Phi) is 14.3. The van der Waals surface area contributed by atoms with Gasteiger partial charge in [-0.05, 0) is 38.3 Å². The second kappa shape index (κ2) is 17.5. The lowest BCUT2D eigenvalue weighted by molar-refractivity contribution is -0.192. The van der Waals surface area contributed by atoms with Crippen LogP contribution in [0.15, 0.2) is 6.33 Å². The number of nitrogens with zero attached hydrogens (tertiary/aromatic N) is 4. The summed E-state index contributed by atoms with van der Waals surface area (Å²) in [6.45, 7) is 1.99. The van der Waals surface area contributed by atoms with Gasteiger partial charge >= 0.3 is 31.8 Å². The van der Waals surface area contributed by atoms with E-state index in [0.29, 0.717) is 11.3 Å². The first-order valence-electron chi connectivity index (χ1n) is 14.6. The molecule has 0 spiro atoms. The molecule has 1 aliphatic heterocycles. The summed E-state index contributed by atoms with van der Waals surface area (Å²) in [4.78, 5) is 45.4. The summed E-state index contributed by atoms with van der Waals surface area (Å²) in [5.41, 5.74) is 0.698. The molecule has 1 saturated carbocycles. The van der Waals surface area contributed by atoms with Crippen molar-refractivity contribution in [3.8, 4) is 0 Å². The van der Waals surface area contributed by atoms with Crippen LogP contribution in [0.3, 0.4) is 0 Å². The van der Waals surface area contributed by atoms with Crippen molar-refractivity contribution in [3.63, 3.8) is 0 Å². The predicted molar refractivity (Wildman–Crippen MR) is 159 cm³/mol. The van der Waals surface area contributed by atoms with Crippen molar-refractivity contribution in [2.45, 2.75) is 76.3 Å². The molecular weight excluding hydrogens is 698 g/mol. The lowest BCUT2D eigenvalue weighted by atomic mass is 10.1. The van der Waals surface area contributed by atoms with E-state index in [-0.39, 0.29) is 30.2 Å². The number of aliphatic hydroxyl groups is 2. The number of aliphatic carboxylic acids is 1. The summed E-state index contributed by atoms with van der Waals surface area (Å²) >= 11 is 6.20. The van der Waals surface area contributed by atoms with Crippen molar-refractivity contribution >= 4 is 54.2 Å². The number of alkyl halides is 3. The molecule has 0 bridgehead atoms. The Morgan fingerprint density at radius 3 is 2.15 bits per heavy atom. The van der Waals surface area contributed by atoms with Crippen molar-refractivity contribution in [1.82, 2.24) is 29.7 Å². The van der Waals surface area contributed by atoms with E-state index in [0.717, 1.165) is 25.7 Å². The number of rotatable bonds is 14. The summed E-state index contributed by atoms with van der Waals surface area (Å²) in [7, 11) is -4.06. The van der Waals surface area contributed by atoms with Crippen LogP contribution in [-0.4, -0.2) is 116 Å². The first-order valence-corrected chi connectivity index (χ1v) is 16.6. The summed E-state index contributed by atoms with van der Waals surface area (Å²) in [6, 6.07) is 0.233. The fourth-order valence-electron chi connectivity index (χ4n) is 4.62. The van der Waals surface area contributed by atoms with Crippen molar-refractivity contribution in [2.24, 2.45) is 0 Å². The largest absolute Gasteiger partial charge is 0.490 e. The third-order valence-electron chi connectivity index (χ3n) is 6.84. The number of esters is 2. The van der Waals surface area contributed by atoms with Gasteiger partial charge in [-0.25, -0.2) is 20.0 Å². The van der Waals surface area contributed by atoms with Crippen LogP contribution < -0.4 is 15.5 Å². The van der Waals surface area contributed by atoms with Crippen LogP contribution in [-0.2, 0) is 37.7 Å². The van der Waals surface area contributed by atoms with Gasteiger partial charge in [0, 0.05) is 6.04 Å². The highest BCUT2D eigenvalue weighted by molar-refractivity contribution is 7.54. The number of halogens is 4. The number of nitrogens with one attached hydrogen (secondary N) is 3. The van der Waals surface area contributed by atoms with Crippen molar-refractivity contribution in [2.75, 3.05) is 38.2 Å². The molecular formula is C25H36ClF3N7O11P. The molecule has 23 heteroatoms. The number of carbonyl (C=O) groups is 3. The zero-order chi connectivity index (χ0) is 35.6.